The average molecular weight is 447 g/mol. The Bertz CT molecular complexity index is 1260. The van der Waals surface area contributed by atoms with Crippen LogP contribution in [0.25, 0.3) is 22.0 Å². The van der Waals surface area contributed by atoms with Gasteiger partial charge in [0.1, 0.15) is 17.9 Å². The molecule has 0 saturated carbocycles. The summed E-state index contributed by atoms with van der Waals surface area (Å²) in [6, 6.07) is 27.6. The van der Waals surface area contributed by atoms with Gasteiger partial charge in [0.2, 0.25) is 12.1 Å². The van der Waals surface area contributed by atoms with Crippen molar-refractivity contribution in [3.05, 3.63) is 103 Å². The lowest BCUT2D eigenvalue weighted by Gasteiger charge is -1.98. The highest BCUT2D eigenvalue weighted by Crippen LogP contribution is 2.21. The number of benzene rings is 3. The van der Waals surface area contributed by atoms with Gasteiger partial charge in [-0.2, -0.15) is 0 Å². The highest BCUT2D eigenvalue weighted by Gasteiger charge is 2.19. The van der Waals surface area contributed by atoms with E-state index < -0.39 is 0 Å². The minimum Gasteiger partial charge on any atom is -1.00 e. The molecule has 0 aliphatic carbocycles. The van der Waals surface area contributed by atoms with Crippen LogP contribution in [0.1, 0.15) is 16.1 Å². The number of nitrogens with zero attached hydrogens (tertiary/aromatic N) is 2. The van der Waals surface area contributed by atoms with Crippen LogP contribution in [0, 0.1) is 0 Å². The summed E-state index contributed by atoms with van der Waals surface area (Å²) in [5, 5.41) is 1.10. The van der Waals surface area contributed by atoms with Gasteiger partial charge in [-0.3, -0.25) is 4.79 Å². The van der Waals surface area contributed by atoms with Crippen LogP contribution in [0.15, 0.2) is 95.7 Å². The molecule has 0 N–H and O–H groups in total. The van der Waals surface area contributed by atoms with Crippen molar-refractivity contribution in [3.63, 3.8) is 0 Å². The van der Waals surface area contributed by atoms with Crippen molar-refractivity contribution in [1.29, 1.82) is 0 Å². The van der Waals surface area contributed by atoms with Crippen molar-refractivity contribution in [1.82, 2.24) is 4.57 Å². The first-order valence-electron chi connectivity index (χ1n) is 9.31. The van der Waals surface area contributed by atoms with E-state index in [2.05, 4.69) is 22.8 Å². The topological polar surface area (TPSA) is 39.0 Å². The molecule has 4 nitrogen and oxygen atoms in total. The van der Waals surface area contributed by atoms with Gasteiger partial charge in [-0.15, -0.1) is 0 Å². The highest BCUT2D eigenvalue weighted by molar-refractivity contribution is 5.95. The van der Waals surface area contributed by atoms with Gasteiger partial charge in [0, 0.05) is 10.9 Å². The van der Waals surface area contributed by atoms with Crippen LogP contribution in [0.3, 0.4) is 0 Å². The second kappa shape index (κ2) is 8.05. The van der Waals surface area contributed by atoms with Gasteiger partial charge in [-0.25, -0.2) is 9.13 Å². The second-order valence-corrected chi connectivity index (χ2v) is 6.90. The smallest absolute Gasteiger partial charge is 0.245 e. The maximum atomic E-state index is 12.7. The molecule has 0 atom stereocenters. The van der Waals surface area contributed by atoms with Crippen LogP contribution < -0.4 is 21.5 Å². The number of fused-ring (bicyclic) bond motifs is 2. The molecule has 0 spiro atoms. The molecular weight excluding hydrogens is 428 g/mol. The summed E-state index contributed by atoms with van der Waals surface area (Å²) in [5.41, 5.74) is 3.72. The number of aromatic nitrogens is 2. The summed E-state index contributed by atoms with van der Waals surface area (Å²) in [6.07, 6.45) is 2.00. The van der Waals surface area contributed by atoms with E-state index in [0.29, 0.717) is 13.1 Å². The molecule has 0 aliphatic rings. The van der Waals surface area contributed by atoms with Crippen molar-refractivity contribution in [2.24, 2.45) is 0 Å². The Morgan fingerprint density at radius 1 is 0.897 bits per heavy atom. The zero-order valence-electron chi connectivity index (χ0n) is 15.7. The van der Waals surface area contributed by atoms with E-state index in [1.54, 1.807) is 0 Å². The fourth-order valence-electron chi connectivity index (χ4n) is 3.65. The van der Waals surface area contributed by atoms with Crippen LogP contribution in [0.4, 0.5) is 0 Å². The number of hydrogen-bond acceptors (Lipinski definition) is 2. The predicted octanol–water partition coefficient (Wildman–Crippen LogP) is 1.61. The second-order valence-electron chi connectivity index (χ2n) is 6.90. The fourth-order valence-corrected chi connectivity index (χ4v) is 3.65. The minimum atomic E-state index is 0. The molecule has 0 amide bonds. The van der Waals surface area contributed by atoms with E-state index in [4.69, 9.17) is 4.42 Å². The number of carbonyl (C=O) groups is 1. The van der Waals surface area contributed by atoms with E-state index >= 15 is 0 Å². The third kappa shape index (κ3) is 3.74. The SMILES string of the molecule is O=C(C[n+]1cn(Cc2cc3ccccc3o2)c2ccccc21)c1ccccc1.[Br-]. The first kappa shape index (κ1) is 19.2. The van der Waals surface area contributed by atoms with Crippen molar-refractivity contribution in [2.45, 2.75) is 13.1 Å². The summed E-state index contributed by atoms with van der Waals surface area (Å²) < 4.78 is 10.1. The van der Waals surface area contributed by atoms with Gasteiger partial charge < -0.3 is 21.4 Å². The maximum Gasteiger partial charge on any atom is 0.245 e. The Hall–Kier alpha value is -3.18. The molecular formula is C24H19BrN2O2. The molecule has 2 heterocycles. The Morgan fingerprint density at radius 3 is 2.45 bits per heavy atom. The Morgan fingerprint density at radius 2 is 1.62 bits per heavy atom. The summed E-state index contributed by atoms with van der Waals surface area (Å²) in [4.78, 5) is 12.7. The third-order valence-electron chi connectivity index (χ3n) is 4.99. The third-order valence-corrected chi connectivity index (χ3v) is 4.99. The highest BCUT2D eigenvalue weighted by atomic mass is 79.9. The number of para-hydroxylation sites is 3. The van der Waals surface area contributed by atoms with Crippen LogP contribution in [-0.4, -0.2) is 10.4 Å². The number of ketones is 1. The van der Waals surface area contributed by atoms with Gasteiger partial charge in [0.15, 0.2) is 17.6 Å². The molecule has 0 aliphatic heterocycles. The lowest BCUT2D eigenvalue weighted by Crippen LogP contribution is -3.00. The Balaban J connectivity index is 0.00000205. The van der Waals surface area contributed by atoms with E-state index in [1.165, 1.54) is 0 Å². The summed E-state index contributed by atoms with van der Waals surface area (Å²) >= 11 is 0. The molecule has 0 bridgehead atoms. The zero-order valence-corrected chi connectivity index (χ0v) is 17.2. The molecule has 5 heteroatoms. The number of furan rings is 1. The largest absolute Gasteiger partial charge is 1.00 e. The monoisotopic (exact) mass is 446 g/mol. The van der Waals surface area contributed by atoms with Crippen LogP contribution in [0.5, 0.6) is 0 Å². The normalized spacial score (nSPS) is 10.9. The first-order valence-corrected chi connectivity index (χ1v) is 9.31. The summed E-state index contributed by atoms with van der Waals surface area (Å²) in [7, 11) is 0. The average Bonchev–Trinajstić information content (AvgIpc) is 3.30. The van der Waals surface area contributed by atoms with E-state index in [1.807, 2.05) is 77.6 Å². The van der Waals surface area contributed by atoms with Crippen LogP contribution in [-0.2, 0) is 13.1 Å². The van der Waals surface area contributed by atoms with E-state index in [-0.39, 0.29) is 22.8 Å². The number of carbonyl (C=O) groups excluding carboxylic acids is 1. The number of Topliss-reactive ketones (excluding diaryl/α,β-unsaturated/α-hetero) is 1. The molecule has 5 rings (SSSR count). The number of halogens is 1. The number of hydrogen-bond donors (Lipinski definition) is 0. The lowest BCUT2D eigenvalue weighted by atomic mass is 10.1. The predicted molar refractivity (Wildman–Crippen MR) is 108 cm³/mol. The van der Waals surface area contributed by atoms with Crippen LogP contribution in [0.2, 0.25) is 0 Å². The van der Waals surface area contributed by atoms with Gasteiger partial charge in [-0.05, 0) is 24.3 Å². The quantitative estimate of drug-likeness (QED) is 0.304. The Labute approximate surface area is 178 Å². The fraction of sp³-hybridized carbons (Fsp3) is 0.0833. The molecule has 5 aromatic rings. The Kier molecular flexibility index (Phi) is 5.32. The molecule has 0 unspecified atom stereocenters. The maximum absolute atomic E-state index is 12.7. The molecule has 0 radical (unpaired) electrons. The zero-order chi connectivity index (χ0) is 18.9. The van der Waals surface area contributed by atoms with Crippen molar-refractivity contribution in [3.8, 4) is 0 Å². The molecule has 0 fully saturated rings. The summed E-state index contributed by atoms with van der Waals surface area (Å²) in [5.74, 6) is 0.987. The van der Waals surface area contributed by atoms with Crippen LogP contribution >= 0.6 is 0 Å². The van der Waals surface area contributed by atoms with Gasteiger partial charge in [-0.1, -0.05) is 60.7 Å². The molecule has 144 valence electrons. The molecule has 3 aromatic carbocycles. The number of imidazole rings is 1. The summed E-state index contributed by atoms with van der Waals surface area (Å²) in [6.45, 7) is 0.916. The van der Waals surface area contributed by atoms with Gasteiger partial charge in [0.05, 0.1) is 0 Å². The van der Waals surface area contributed by atoms with Crippen molar-refractivity contribution >= 4 is 27.8 Å². The first-order chi connectivity index (χ1) is 13.8. The minimum absolute atomic E-state index is 0. The van der Waals surface area contributed by atoms with Gasteiger partial charge >= 0.3 is 0 Å². The number of rotatable bonds is 5. The van der Waals surface area contributed by atoms with E-state index in [0.717, 1.165) is 33.3 Å². The lowest BCUT2D eigenvalue weighted by molar-refractivity contribution is -0.657. The molecule has 0 saturated heterocycles. The van der Waals surface area contributed by atoms with Crippen molar-refractivity contribution in [2.75, 3.05) is 0 Å². The standard InChI is InChI=1S/C24H19N2O2.BrH/c27-23(18-8-2-1-3-9-18)16-26-17-25(21-11-5-6-12-22(21)26)15-20-14-19-10-4-7-13-24(19)28-20;/h1-14,17H,15-16H2;1H/q+1;/p-1. The van der Waals surface area contributed by atoms with E-state index in [9.17, 15) is 4.79 Å². The van der Waals surface area contributed by atoms with Gasteiger partial charge in [0.25, 0.3) is 0 Å². The van der Waals surface area contributed by atoms with Crippen molar-refractivity contribution < 1.29 is 30.8 Å². The molecule has 2 aromatic heterocycles. The molecule has 29 heavy (non-hydrogen) atoms.